The fourth-order valence-electron chi connectivity index (χ4n) is 5.30. The molecule has 1 aromatic carbocycles. The Morgan fingerprint density at radius 2 is 1.79 bits per heavy atom. The molecule has 0 saturated carbocycles. The van der Waals surface area contributed by atoms with Gasteiger partial charge in [0.1, 0.15) is 23.0 Å². The van der Waals surface area contributed by atoms with Crippen molar-refractivity contribution in [1.29, 1.82) is 5.26 Å². The number of fused-ring (bicyclic) bond motifs is 1. The molecule has 0 radical (unpaired) electrons. The molecule has 1 aliphatic heterocycles. The van der Waals surface area contributed by atoms with E-state index in [1.54, 1.807) is 32.7 Å². The van der Waals surface area contributed by atoms with Crippen molar-refractivity contribution in [2.24, 2.45) is 7.05 Å². The first-order valence-electron chi connectivity index (χ1n) is 13.7. The maximum atomic E-state index is 13.4. The molecule has 2 amide bonds. The lowest BCUT2D eigenvalue weighted by atomic mass is 9.97. The first kappa shape index (κ1) is 27.4. The van der Waals surface area contributed by atoms with Crippen molar-refractivity contribution in [2.75, 3.05) is 37.6 Å². The van der Waals surface area contributed by atoms with E-state index in [1.807, 2.05) is 55.7 Å². The number of nitrogens with one attached hydrogen (secondary N) is 1. The number of piperazine rings is 1. The van der Waals surface area contributed by atoms with Gasteiger partial charge in [0.25, 0.3) is 0 Å². The van der Waals surface area contributed by atoms with Crippen molar-refractivity contribution in [2.45, 2.75) is 5.92 Å². The number of nitrogens with zero attached hydrogens (tertiary/aromatic N) is 9. The number of carboxylic acid groups (broad SMARTS) is 1. The Labute approximate surface area is 246 Å². The van der Waals surface area contributed by atoms with Crippen LogP contribution in [0.3, 0.4) is 0 Å². The van der Waals surface area contributed by atoms with Crippen LogP contribution in [0.15, 0.2) is 73.4 Å². The van der Waals surface area contributed by atoms with Gasteiger partial charge in [-0.2, -0.15) is 15.5 Å². The van der Waals surface area contributed by atoms with Crippen LogP contribution >= 0.6 is 0 Å². The van der Waals surface area contributed by atoms with Crippen LogP contribution in [0.1, 0.15) is 17.0 Å². The molecular formula is C30H28N10O3. The van der Waals surface area contributed by atoms with Gasteiger partial charge in [0.05, 0.1) is 35.9 Å². The average Bonchev–Trinajstić information content (AvgIpc) is 3.67. The van der Waals surface area contributed by atoms with E-state index in [0.29, 0.717) is 48.6 Å². The Balaban J connectivity index is 1.20. The molecule has 1 fully saturated rings. The van der Waals surface area contributed by atoms with Crippen LogP contribution < -0.4 is 10.2 Å². The molecule has 1 atom stereocenters. The number of carbonyl (C=O) groups excluding carboxylic acids is 1. The predicted molar refractivity (Wildman–Crippen MR) is 157 cm³/mol. The number of pyridine rings is 1. The van der Waals surface area contributed by atoms with Crippen molar-refractivity contribution in [3.05, 3.63) is 84.6 Å². The molecule has 1 aliphatic rings. The van der Waals surface area contributed by atoms with Crippen LogP contribution in [0.25, 0.3) is 28.0 Å². The molecule has 13 heteroatoms. The second-order valence-electron chi connectivity index (χ2n) is 10.2. The predicted octanol–water partition coefficient (Wildman–Crippen LogP) is 2.76. The Bertz CT molecular complexity index is 1820. The van der Waals surface area contributed by atoms with E-state index in [0.717, 1.165) is 22.5 Å². The second-order valence-corrected chi connectivity index (χ2v) is 10.2. The Hall–Kier alpha value is -5.77. The zero-order valence-electron chi connectivity index (χ0n) is 23.3. The summed E-state index contributed by atoms with van der Waals surface area (Å²) in [7, 11) is 1.83. The van der Waals surface area contributed by atoms with E-state index in [1.165, 1.54) is 6.20 Å². The number of hydrogen-bond acceptors (Lipinski definition) is 8. The minimum Gasteiger partial charge on any atom is -0.465 e. The van der Waals surface area contributed by atoms with Crippen LogP contribution in [0, 0.1) is 11.3 Å². The van der Waals surface area contributed by atoms with E-state index < -0.39 is 12.0 Å². The molecule has 13 nitrogen and oxygen atoms in total. The maximum Gasteiger partial charge on any atom is 0.404 e. The summed E-state index contributed by atoms with van der Waals surface area (Å²) in [6.07, 6.45) is 7.46. The number of hydrogen-bond donors (Lipinski definition) is 2. The number of benzene rings is 1. The quantitative estimate of drug-likeness (QED) is 0.297. The van der Waals surface area contributed by atoms with E-state index >= 15 is 0 Å². The highest BCUT2D eigenvalue weighted by Crippen LogP contribution is 2.29. The largest absolute Gasteiger partial charge is 0.465 e. The van der Waals surface area contributed by atoms with Crippen LogP contribution in [0.2, 0.25) is 0 Å². The number of aromatic nitrogens is 6. The molecular weight excluding hydrogens is 548 g/mol. The van der Waals surface area contributed by atoms with E-state index in [9.17, 15) is 14.9 Å². The summed E-state index contributed by atoms with van der Waals surface area (Å²) in [5.41, 5.74) is 4.60. The standard InChI is InChI=1S/C30H28N10O3/c1-37-18-23(16-34-37)25-19-40-28(22(13-31)15-35-40)27(36-25)21-7-8-26(32-14-21)38-9-11-39(12-10-38)29(41)24(17-33-30(42)43)20-5-3-2-4-6-20/h2-8,14-16,18-19,24,33H,9-12,17H2,1H3,(H,42,43)/t24-/m0/s1. The zero-order chi connectivity index (χ0) is 29.9. The van der Waals surface area contributed by atoms with E-state index in [-0.39, 0.29) is 12.5 Å². The Morgan fingerprint density at radius 1 is 1.00 bits per heavy atom. The molecule has 0 aliphatic carbocycles. The van der Waals surface area contributed by atoms with Gasteiger partial charge in [-0.15, -0.1) is 0 Å². The van der Waals surface area contributed by atoms with Crippen LogP contribution in [0.4, 0.5) is 10.6 Å². The van der Waals surface area contributed by atoms with Gasteiger partial charge in [0, 0.05) is 63.3 Å². The highest BCUT2D eigenvalue weighted by Gasteiger charge is 2.29. The topological polar surface area (TPSA) is 158 Å². The van der Waals surface area contributed by atoms with Gasteiger partial charge >= 0.3 is 6.09 Å². The lowest BCUT2D eigenvalue weighted by Crippen LogP contribution is -2.51. The number of carbonyl (C=O) groups is 2. The van der Waals surface area contributed by atoms with Gasteiger partial charge in [0.2, 0.25) is 5.91 Å². The molecule has 5 heterocycles. The molecule has 0 unspecified atom stereocenters. The minimum absolute atomic E-state index is 0.00933. The van der Waals surface area contributed by atoms with Gasteiger partial charge in [-0.05, 0) is 17.7 Å². The third kappa shape index (κ3) is 5.58. The number of aryl methyl sites for hydroxylation is 1. The monoisotopic (exact) mass is 576 g/mol. The van der Waals surface area contributed by atoms with Crippen molar-refractivity contribution in [3.8, 4) is 28.6 Å². The Morgan fingerprint density at radius 3 is 2.44 bits per heavy atom. The third-order valence-corrected chi connectivity index (χ3v) is 7.51. The molecule has 43 heavy (non-hydrogen) atoms. The first-order chi connectivity index (χ1) is 20.9. The molecule has 6 rings (SSSR count). The minimum atomic E-state index is -1.16. The lowest BCUT2D eigenvalue weighted by molar-refractivity contribution is -0.133. The molecule has 4 aromatic heterocycles. The van der Waals surface area contributed by atoms with Gasteiger partial charge < -0.3 is 20.2 Å². The SMILES string of the molecule is Cn1cc(-c2cn3ncc(C#N)c3c(-c3ccc(N4CCN(C(=O)[C@@H](CNC(=O)O)c5ccccc5)CC4)nc3)n2)cn1. The normalized spacial score (nSPS) is 14.0. The van der Waals surface area contributed by atoms with Crippen LogP contribution in [0.5, 0.6) is 0 Å². The average molecular weight is 577 g/mol. The summed E-state index contributed by atoms with van der Waals surface area (Å²) in [6, 6.07) is 15.3. The van der Waals surface area contributed by atoms with Crippen LogP contribution in [-0.2, 0) is 11.8 Å². The molecule has 0 spiro atoms. The van der Waals surface area contributed by atoms with Crippen molar-refractivity contribution >= 4 is 23.3 Å². The molecule has 2 N–H and O–H groups in total. The smallest absolute Gasteiger partial charge is 0.404 e. The lowest BCUT2D eigenvalue weighted by Gasteiger charge is -2.37. The second kappa shape index (κ2) is 11.6. The van der Waals surface area contributed by atoms with E-state index in [2.05, 4.69) is 26.5 Å². The highest BCUT2D eigenvalue weighted by atomic mass is 16.4. The van der Waals surface area contributed by atoms with Crippen molar-refractivity contribution in [3.63, 3.8) is 0 Å². The first-order valence-corrected chi connectivity index (χ1v) is 13.7. The summed E-state index contributed by atoms with van der Waals surface area (Å²) >= 11 is 0. The number of nitriles is 1. The van der Waals surface area contributed by atoms with Gasteiger partial charge in [0.15, 0.2) is 0 Å². The van der Waals surface area contributed by atoms with Gasteiger partial charge in [-0.25, -0.2) is 19.3 Å². The van der Waals surface area contributed by atoms with Crippen molar-refractivity contribution in [1.82, 2.24) is 39.6 Å². The van der Waals surface area contributed by atoms with Gasteiger partial charge in [-0.1, -0.05) is 30.3 Å². The molecule has 1 saturated heterocycles. The third-order valence-electron chi connectivity index (χ3n) is 7.51. The molecule has 5 aromatic rings. The molecule has 0 bridgehead atoms. The maximum absolute atomic E-state index is 13.4. The fraction of sp³-hybridized carbons (Fsp3) is 0.233. The zero-order valence-corrected chi connectivity index (χ0v) is 23.3. The summed E-state index contributed by atoms with van der Waals surface area (Å²) in [6.45, 7) is 2.12. The van der Waals surface area contributed by atoms with Crippen molar-refractivity contribution < 1.29 is 14.7 Å². The summed E-state index contributed by atoms with van der Waals surface area (Å²) < 4.78 is 3.35. The summed E-state index contributed by atoms with van der Waals surface area (Å²) in [5.74, 6) is 0.0481. The fourth-order valence-corrected chi connectivity index (χ4v) is 5.30. The van der Waals surface area contributed by atoms with E-state index in [4.69, 9.17) is 15.1 Å². The Kier molecular flexibility index (Phi) is 7.40. The number of anilines is 1. The van der Waals surface area contributed by atoms with Gasteiger partial charge in [-0.3, -0.25) is 9.48 Å². The highest BCUT2D eigenvalue weighted by molar-refractivity contribution is 5.85. The molecule has 216 valence electrons. The number of amides is 2. The summed E-state index contributed by atoms with van der Waals surface area (Å²) in [4.78, 5) is 38.0. The summed E-state index contributed by atoms with van der Waals surface area (Å²) in [5, 5.41) is 29.8. The van der Waals surface area contributed by atoms with Crippen LogP contribution in [-0.4, -0.2) is 84.1 Å². The number of rotatable bonds is 7.